The van der Waals surface area contributed by atoms with Gasteiger partial charge in [0.05, 0.1) is 5.25 Å². The van der Waals surface area contributed by atoms with Crippen LogP contribution in [0, 0.1) is 6.92 Å². The van der Waals surface area contributed by atoms with Crippen LogP contribution in [0.3, 0.4) is 0 Å². The van der Waals surface area contributed by atoms with Crippen LogP contribution in [-0.4, -0.2) is 33.1 Å². The Kier molecular flexibility index (Phi) is 6.60. The minimum atomic E-state index is -0.253. The van der Waals surface area contributed by atoms with Crippen molar-refractivity contribution in [2.75, 3.05) is 17.2 Å². The van der Waals surface area contributed by atoms with E-state index in [1.165, 1.54) is 23.1 Å². The zero-order chi connectivity index (χ0) is 16.7. The third kappa shape index (κ3) is 5.36. The van der Waals surface area contributed by atoms with Crippen molar-refractivity contribution in [1.82, 2.24) is 15.4 Å². The molecule has 0 aliphatic heterocycles. The molecule has 23 heavy (non-hydrogen) atoms. The van der Waals surface area contributed by atoms with Gasteiger partial charge >= 0.3 is 0 Å². The van der Waals surface area contributed by atoms with Gasteiger partial charge in [-0.1, -0.05) is 47.7 Å². The molecule has 0 fully saturated rings. The highest BCUT2D eigenvalue weighted by Crippen LogP contribution is 2.31. The van der Waals surface area contributed by atoms with Crippen LogP contribution in [0.25, 0.3) is 0 Å². The molecule has 2 heterocycles. The molecule has 2 aromatic rings. The second-order valence-corrected chi connectivity index (χ2v) is 7.18. The standard InChI is InChI=1S/C14H19N5O2S2/c1-4-6-10(12(20)16-11-8-9(3)21-19-11)22-14-18-17-13(23-14)15-7-5-2/h5,8,10H,2,4,6-7H2,1,3H3,(H,15,17)(H,16,19,20)/t10-/m0/s1. The van der Waals surface area contributed by atoms with Gasteiger partial charge in [-0.3, -0.25) is 4.79 Å². The van der Waals surface area contributed by atoms with Crippen LogP contribution in [0.2, 0.25) is 0 Å². The molecular weight excluding hydrogens is 334 g/mol. The molecule has 2 rings (SSSR count). The van der Waals surface area contributed by atoms with Crippen molar-refractivity contribution >= 4 is 40.0 Å². The summed E-state index contributed by atoms with van der Waals surface area (Å²) in [4.78, 5) is 12.4. The predicted molar refractivity (Wildman–Crippen MR) is 93.0 cm³/mol. The van der Waals surface area contributed by atoms with Crippen molar-refractivity contribution in [2.45, 2.75) is 36.3 Å². The fraction of sp³-hybridized carbons (Fsp3) is 0.429. The minimum Gasteiger partial charge on any atom is -0.360 e. The zero-order valence-corrected chi connectivity index (χ0v) is 14.7. The Hall–Kier alpha value is -1.87. The maximum atomic E-state index is 12.4. The van der Waals surface area contributed by atoms with E-state index < -0.39 is 0 Å². The SMILES string of the molecule is C=CCNc1nnc(S[C@@H](CCC)C(=O)Nc2cc(C)on2)s1. The monoisotopic (exact) mass is 353 g/mol. The van der Waals surface area contributed by atoms with E-state index in [9.17, 15) is 4.79 Å². The summed E-state index contributed by atoms with van der Waals surface area (Å²) >= 11 is 2.83. The van der Waals surface area contributed by atoms with Crippen LogP contribution in [0.5, 0.6) is 0 Å². The van der Waals surface area contributed by atoms with Crippen molar-refractivity contribution in [3.05, 3.63) is 24.5 Å². The van der Waals surface area contributed by atoms with Gasteiger partial charge in [0.2, 0.25) is 11.0 Å². The molecule has 0 spiro atoms. The summed E-state index contributed by atoms with van der Waals surface area (Å²) in [6.07, 6.45) is 3.38. The fourth-order valence-corrected chi connectivity index (χ4v) is 3.86. The van der Waals surface area contributed by atoms with Gasteiger partial charge in [0.25, 0.3) is 0 Å². The second-order valence-electron chi connectivity index (χ2n) is 4.75. The van der Waals surface area contributed by atoms with Gasteiger partial charge in [0, 0.05) is 12.6 Å². The van der Waals surface area contributed by atoms with E-state index in [0.717, 1.165) is 22.3 Å². The Bertz CT molecular complexity index is 655. The zero-order valence-electron chi connectivity index (χ0n) is 13.0. The molecule has 0 aromatic carbocycles. The molecule has 1 amide bonds. The van der Waals surface area contributed by atoms with Gasteiger partial charge in [0.15, 0.2) is 10.2 Å². The molecule has 0 saturated heterocycles. The molecule has 7 nitrogen and oxygen atoms in total. The highest BCUT2D eigenvalue weighted by molar-refractivity contribution is 8.02. The number of carbonyl (C=O) groups is 1. The number of amides is 1. The summed E-state index contributed by atoms with van der Waals surface area (Å²) in [7, 11) is 0. The smallest absolute Gasteiger partial charge is 0.239 e. The molecular formula is C14H19N5O2S2. The Morgan fingerprint density at radius 1 is 1.57 bits per heavy atom. The highest BCUT2D eigenvalue weighted by atomic mass is 32.2. The first kappa shape index (κ1) is 17.5. The average Bonchev–Trinajstić information content (AvgIpc) is 3.14. The van der Waals surface area contributed by atoms with Crippen molar-refractivity contribution < 1.29 is 9.32 Å². The van der Waals surface area contributed by atoms with E-state index in [-0.39, 0.29) is 11.2 Å². The third-order valence-electron chi connectivity index (χ3n) is 2.77. The number of anilines is 2. The first-order valence-electron chi connectivity index (χ1n) is 7.21. The average molecular weight is 353 g/mol. The van der Waals surface area contributed by atoms with Gasteiger partial charge in [0.1, 0.15) is 5.76 Å². The van der Waals surface area contributed by atoms with E-state index in [0.29, 0.717) is 18.1 Å². The Morgan fingerprint density at radius 3 is 3.04 bits per heavy atom. The lowest BCUT2D eigenvalue weighted by atomic mass is 10.2. The van der Waals surface area contributed by atoms with Crippen LogP contribution in [0.15, 0.2) is 27.6 Å². The molecule has 9 heteroatoms. The number of nitrogens with one attached hydrogen (secondary N) is 2. The van der Waals surface area contributed by atoms with Gasteiger partial charge in [-0.25, -0.2) is 0 Å². The molecule has 0 unspecified atom stereocenters. The van der Waals surface area contributed by atoms with E-state index in [1.807, 2.05) is 6.92 Å². The lowest BCUT2D eigenvalue weighted by Crippen LogP contribution is -2.25. The number of rotatable bonds is 9. The number of thioether (sulfide) groups is 1. The number of carbonyl (C=O) groups excluding carboxylic acids is 1. The lowest BCUT2D eigenvalue weighted by Gasteiger charge is -2.12. The number of nitrogens with zero attached hydrogens (tertiary/aromatic N) is 3. The van der Waals surface area contributed by atoms with Gasteiger partial charge in [-0.15, -0.1) is 16.8 Å². The van der Waals surface area contributed by atoms with Gasteiger partial charge < -0.3 is 15.2 Å². The minimum absolute atomic E-state index is 0.110. The number of aryl methyl sites for hydroxylation is 1. The molecule has 124 valence electrons. The Morgan fingerprint density at radius 2 is 2.39 bits per heavy atom. The molecule has 1 atom stereocenters. The second kappa shape index (κ2) is 8.68. The van der Waals surface area contributed by atoms with Crippen molar-refractivity contribution in [3.63, 3.8) is 0 Å². The van der Waals surface area contributed by atoms with Crippen LogP contribution in [0.4, 0.5) is 10.9 Å². The number of hydrogen-bond acceptors (Lipinski definition) is 8. The molecule has 0 saturated carbocycles. The van der Waals surface area contributed by atoms with E-state index in [1.54, 1.807) is 19.1 Å². The Balaban J connectivity index is 1.98. The molecule has 0 aliphatic carbocycles. The van der Waals surface area contributed by atoms with Crippen molar-refractivity contribution in [2.24, 2.45) is 0 Å². The first-order valence-corrected chi connectivity index (χ1v) is 8.91. The van der Waals surface area contributed by atoms with Crippen molar-refractivity contribution in [1.29, 1.82) is 0 Å². The molecule has 0 bridgehead atoms. The third-order valence-corrected chi connectivity index (χ3v) is 5.00. The van der Waals surface area contributed by atoms with Crippen LogP contribution >= 0.6 is 23.1 Å². The normalized spacial score (nSPS) is 11.9. The maximum absolute atomic E-state index is 12.4. The van der Waals surface area contributed by atoms with E-state index in [4.69, 9.17) is 4.52 Å². The summed E-state index contributed by atoms with van der Waals surface area (Å²) < 4.78 is 5.71. The molecule has 2 N–H and O–H groups in total. The fourth-order valence-electron chi connectivity index (χ4n) is 1.75. The van der Waals surface area contributed by atoms with Crippen molar-refractivity contribution in [3.8, 4) is 0 Å². The predicted octanol–water partition coefficient (Wildman–Crippen LogP) is 3.33. The summed E-state index contributed by atoms with van der Waals surface area (Å²) in [5.74, 6) is 0.975. The summed E-state index contributed by atoms with van der Waals surface area (Å²) in [6.45, 7) is 8.09. The number of aromatic nitrogens is 3. The lowest BCUT2D eigenvalue weighted by molar-refractivity contribution is -0.115. The van der Waals surface area contributed by atoms with Crippen LogP contribution in [-0.2, 0) is 4.79 Å². The first-order chi connectivity index (χ1) is 11.1. The van der Waals surface area contributed by atoms with Crippen LogP contribution in [0.1, 0.15) is 25.5 Å². The topological polar surface area (TPSA) is 92.9 Å². The summed E-state index contributed by atoms with van der Waals surface area (Å²) in [5, 5.41) is 18.3. The van der Waals surface area contributed by atoms with E-state index in [2.05, 4.69) is 32.6 Å². The summed E-state index contributed by atoms with van der Waals surface area (Å²) in [6, 6.07) is 1.69. The maximum Gasteiger partial charge on any atom is 0.239 e. The van der Waals surface area contributed by atoms with Gasteiger partial charge in [-0.05, 0) is 13.3 Å². The molecule has 2 aromatic heterocycles. The molecule has 0 radical (unpaired) electrons. The summed E-state index contributed by atoms with van der Waals surface area (Å²) in [5.41, 5.74) is 0. The quantitative estimate of drug-likeness (QED) is 0.527. The Labute approximate surface area is 142 Å². The number of hydrogen-bond donors (Lipinski definition) is 2. The molecule has 0 aliphatic rings. The largest absolute Gasteiger partial charge is 0.360 e. The van der Waals surface area contributed by atoms with Gasteiger partial charge in [-0.2, -0.15) is 0 Å². The highest BCUT2D eigenvalue weighted by Gasteiger charge is 2.22. The van der Waals surface area contributed by atoms with E-state index >= 15 is 0 Å². The van der Waals surface area contributed by atoms with Crippen LogP contribution < -0.4 is 10.6 Å².